The zero-order chi connectivity index (χ0) is 32.8. The summed E-state index contributed by atoms with van der Waals surface area (Å²) in [5.74, 6) is -8.77. The number of fused-ring (bicyclic) bond motifs is 4. The van der Waals surface area contributed by atoms with E-state index in [1.807, 2.05) is 6.08 Å². The minimum atomic E-state index is -1.37. The van der Waals surface area contributed by atoms with Gasteiger partial charge in [-0.05, 0) is 73.7 Å². The number of carbonyl (C=O) groups excluding carboxylic acids is 4. The molecule has 2 heterocycles. The number of phenols is 2. The lowest BCUT2D eigenvalue weighted by molar-refractivity contribution is -0.131. The van der Waals surface area contributed by atoms with Gasteiger partial charge in [0.2, 0.25) is 23.6 Å². The number of aromatic carboxylic acids is 1. The van der Waals surface area contributed by atoms with Crippen molar-refractivity contribution in [2.24, 2.45) is 29.1 Å². The highest BCUT2D eigenvalue weighted by molar-refractivity contribution is 6.32. The number of anilines is 2. The molecule has 12 heteroatoms. The highest BCUT2D eigenvalue weighted by Gasteiger charge is 2.67. The number of amides is 4. The smallest absolute Gasteiger partial charge is 0.339 e. The Balaban J connectivity index is 1.33. The number of aromatic hydroxyl groups is 2. The predicted molar refractivity (Wildman–Crippen MR) is 162 cm³/mol. The number of halogens is 2. The molecule has 3 aromatic rings. The minimum Gasteiger partial charge on any atom is -0.508 e. The molecule has 46 heavy (non-hydrogen) atoms. The summed E-state index contributed by atoms with van der Waals surface area (Å²) in [6.45, 7) is 1.70. The van der Waals surface area contributed by atoms with E-state index in [1.165, 1.54) is 30.3 Å². The van der Waals surface area contributed by atoms with Crippen molar-refractivity contribution in [3.63, 3.8) is 0 Å². The van der Waals surface area contributed by atoms with Crippen LogP contribution >= 0.6 is 11.6 Å². The van der Waals surface area contributed by atoms with Crippen LogP contribution in [-0.4, -0.2) is 44.9 Å². The van der Waals surface area contributed by atoms with Crippen LogP contribution in [0.2, 0.25) is 5.02 Å². The number of benzene rings is 3. The van der Waals surface area contributed by atoms with Crippen LogP contribution in [0.15, 0.2) is 72.3 Å². The number of hydrogen-bond acceptors (Lipinski definition) is 7. The van der Waals surface area contributed by atoms with E-state index < -0.39 is 76.2 Å². The molecule has 2 saturated heterocycles. The van der Waals surface area contributed by atoms with Crippen LogP contribution in [0.4, 0.5) is 15.8 Å². The van der Waals surface area contributed by atoms with Gasteiger partial charge in [0.05, 0.1) is 39.6 Å². The van der Waals surface area contributed by atoms with E-state index >= 15 is 0 Å². The molecule has 3 aromatic carbocycles. The summed E-state index contributed by atoms with van der Waals surface area (Å²) in [6, 6.07) is 13.3. The van der Waals surface area contributed by atoms with E-state index in [2.05, 4.69) is 0 Å². The zero-order valence-corrected chi connectivity index (χ0v) is 24.9. The molecule has 0 bridgehead atoms. The van der Waals surface area contributed by atoms with E-state index in [0.717, 1.165) is 33.6 Å². The Morgan fingerprint density at radius 1 is 0.891 bits per heavy atom. The van der Waals surface area contributed by atoms with Gasteiger partial charge in [-0.25, -0.2) is 19.0 Å². The summed E-state index contributed by atoms with van der Waals surface area (Å²) < 4.78 is 14.0. The SMILES string of the molecule is CC12C(=O)N(c3ccc(F)c(Cl)c3)C(=O)C1CC1C(=CCC3C(=O)N(c4ccc(C(=O)O)c(O)c4)C(=O)C31)C2c1ccc(O)cc1. The standard InChI is InChI=1S/C34H26ClFN2O8/c1-34-23(30(42)38(33(34)46)16-5-11-25(36)24(35)12-16)14-22-19(28(34)15-2-6-18(39)7-3-15)9-10-21-27(22)31(43)37(29(21)41)17-4-8-20(32(44)45)26(40)13-17/h2-9,11-13,21-23,27-28,39-40H,10,14H2,1H3,(H,44,45). The number of nitrogens with zero attached hydrogens (tertiary/aromatic N) is 2. The maximum Gasteiger partial charge on any atom is 0.339 e. The molecule has 0 radical (unpaired) electrons. The van der Waals surface area contributed by atoms with Crippen LogP contribution in [0.3, 0.4) is 0 Å². The Morgan fingerprint density at radius 3 is 2.22 bits per heavy atom. The average Bonchev–Trinajstić information content (AvgIpc) is 3.38. The van der Waals surface area contributed by atoms with E-state index in [9.17, 15) is 43.7 Å². The Morgan fingerprint density at radius 2 is 1.57 bits per heavy atom. The monoisotopic (exact) mass is 644 g/mol. The second-order valence-electron chi connectivity index (χ2n) is 12.4. The number of imide groups is 2. The summed E-state index contributed by atoms with van der Waals surface area (Å²) >= 11 is 6.03. The lowest BCUT2D eigenvalue weighted by Gasteiger charge is -2.49. The van der Waals surface area contributed by atoms with E-state index in [1.54, 1.807) is 19.1 Å². The number of carboxylic acids is 1. The number of rotatable bonds is 4. The number of allylic oxidation sites excluding steroid dienone is 2. The molecule has 0 spiro atoms. The highest BCUT2D eigenvalue weighted by Crippen LogP contribution is 2.63. The fourth-order valence-corrected chi connectivity index (χ4v) is 8.20. The first-order valence-electron chi connectivity index (χ1n) is 14.6. The fraction of sp³-hybridized carbons (Fsp3) is 0.265. The van der Waals surface area contributed by atoms with Gasteiger partial charge in [0, 0.05) is 12.0 Å². The van der Waals surface area contributed by atoms with E-state index in [4.69, 9.17) is 11.6 Å². The lowest BCUT2D eigenvalue weighted by atomic mass is 9.51. The van der Waals surface area contributed by atoms with E-state index in [0.29, 0.717) is 5.56 Å². The van der Waals surface area contributed by atoms with Gasteiger partial charge in [-0.1, -0.05) is 35.4 Å². The minimum absolute atomic E-state index is 0.00344. The van der Waals surface area contributed by atoms with Gasteiger partial charge in [0.25, 0.3) is 0 Å². The van der Waals surface area contributed by atoms with Gasteiger partial charge in [-0.15, -0.1) is 0 Å². The van der Waals surface area contributed by atoms with Gasteiger partial charge in [0.1, 0.15) is 22.9 Å². The Bertz CT molecular complexity index is 1930. The summed E-state index contributed by atoms with van der Waals surface area (Å²) in [4.78, 5) is 69.8. The molecule has 10 nitrogen and oxygen atoms in total. The van der Waals surface area contributed by atoms with Crippen molar-refractivity contribution in [2.45, 2.75) is 25.7 Å². The normalized spacial score (nSPS) is 28.6. The molecule has 7 rings (SSSR count). The van der Waals surface area contributed by atoms with Gasteiger partial charge < -0.3 is 15.3 Å². The maximum absolute atomic E-state index is 14.4. The highest BCUT2D eigenvalue weighted by atomic mass is 35.5. The summed E-state index contributed by atoms with van der Waals surface area (Å²) in [6.07, 6.45) is 2.11. The van der Waals surface area contributed by atoms with Crippen LogP contribution in [0, 0.1) is 34.9 Å². The van der Waals surface area contributed by atoms with Crippen LogP contribution in [0.5, 0.6) is 11.5 Å². The van der Waals surface area contributed by atoms with Gasteiger partial charge in [-0.2, -0.15) is 0 Å². The van der Waals surface area contributed by atoms with Crippen LogP contribution in [0.1, 0.15) is 41.6 Å². The van der Waals surface area contributed by atoms with Crippen LogP contribution in [0.25, 0.3) is 0 Å². The molecular weight excluding hydrogens is 619 g/mol. The number of carboxylic acid groups (broad SMARTS) is 1. The van der Waals surface area contributed by atoms with Gasteiger partial charge in [-0.3, -0.25) is 19.2 Å². The molecule has 1 saturated carbocycles. The summed E-state index contributed by atoms with van der Waals surface area (Å²) in [5.41, 5.74) is -0.243. The summed E-state index contributed by atoms with van der Waals surface area (Å²) in [5, 5.41) is 29.4. The predicted octanol–water partition coefficient (Wildman–Crippen LogP) is 5.02. The fourth-order valence-electron chi connectivity index (χ4n) is 8.03. The Hall–Kier alpha value is -5.03. The van der Waals surface area contributed by atoms with Crippen molar-refractivity contribution in [2.75, 3.05) is 9.80 Å². The average molecular weight is 645 g/mol. The van der Waals surface area contributed by atoms with Gasteiger partial charge in [0.15, 0.2) is 0 Å². The lowest BCUT2D eigenvalue weighted by Crippen LogP contribution is -2.48. The Kier molecular flexibility index (Phi) is 6.61. The third-order valence-corrected chi connectivity index (χ3v) is 10.4. The number of carbonyl (C=O) groups is 5. The molecule has 6 unspecified atom stereocenters. The molecule has 0 aromatic heterocycles. The van der Waals surface area contributed by atoms with Crippen molar-refractivity contribution in [1.29, 1.82) is 0 Å². The van der Waals surface area contributed by atoms with Crippen molar-refractivity contribution in [1.82, 2.24) is 0 Å². The molecular formula is C34H26ClFN2O8. The summed E-state index contributed by atoms with van der Waals surface area (Å²) in [7, 11) is 0. The zero-order valence-electron chi connectivity index (χ0n) is 24.2. The van der Waals surface area contributed by atoms with Crippen LogP contribution < -0.4 is 9.80 Å². The first-order valence-corrected chi connectivity index (χ1v) is 15.0. The molecule has 2 aliphatic heterocycles. The molecule has 4 amide bonds. The Labute approximate surface area is 266 Å². The molecule has 234 valence electrons. The van der Waals surface area contributed by atoms with E-state index in [-0.39, 0.29) is 40.6 Å². The third kappa shape index (κ3) is 4.04. The molecule has 6 atom stereocenters. The van der Waals surface area contributed by atoms with Gasteiger partial charge >= 0.3 is 5.97 Å². The number of hydrogen-bond donors (Lipinski definition) is 3. The third-order valence-electron chi connectivity index (χ3n) is 10.1. The molecule has 4 aliphatic rings. The quantitative estimate of drug-likeness (QED) is 0.264. The second kappa shape index (κ2) is 10.2. The molecule has 2 aliphatic carbocycles. The topological polar surface area (TPSA) is 153 Å². The first-order chi connectivity index (χ1) is 21.8. The second-order valence-corrected chi connectivity index (χ2v) is 12.8. The largest absolute Gasteiger partial charge is 0.508 e. The van der Waals surface area contributed by atoms with Crippen molar-refractivity contribution >= 4 is 52.6 Å². The first kappa shape index (κ1) is 29.7. The molecule has 3 fully saturated rings. The van der Waals surface area contributed by atoms with Crippen molar-refractivity contribution in [3.8, 4) is 11.5 Å². The number of phenolic OH excluding ortho intramolecular Hbond substituents is 1. The van der Waals surface area contributed by atoms with Crippen LogP contribution in [-0.2, 0) is 19.2 Å². The molecule has 3 N–H and O–H groups in total. The maximum atomic E-state index is 14.4. The van der Waals surface area contributed by atoms with Crippen molar-refractivity contribution in [3.05, 3.63) is 94.3 Å². The van der Waals surface area contributed by atoms with Crippen molar-refractivity contribution < 1.29 is 43.7 Å².